The molecule has 0 spiro atoms. The summed E-state index contributed by atoms with van der Waals surface area (Å²) in [5.74, 6) is 0.449. The number of aromatic nitrogens is 2. The number of halogens is 1. The third-order valence-electron chi connectivity index (χ3n) is 2.27. The fourth-order valence-electron chi connectivity index (χ4n) is 1.34. The van der Waals surface area contributed by atoms with E-state index in [-0.39, 0.29) is 10.6 Å². The van der Waals surface area contributed by atoms with Gasteiger partial charge in [-0.2, -0.15) is 5.10 Å². The minimum absolute atomic E-state index is 0.189. The van der Waals surface area contributed by atoms with Crippen molar-refractivity contribution in [3.63, 3.8) is 0 Å². The molecular formula is C10H17ClN4O. The number of rotatable bonds is 5. The van der Waals surface area contributed by atoms with Gasteiger partial charge >= 0.3 is 0 Å². The molecule has 0 saturated heterocycles. The lowest BCUT2D eigenvalue weighted by Gasteiger charge is -2.13. The van der Waals surface area contributed by atoms with Crippen molar-refractivity contribution in [3.8, 4) is 0 Å². The van der Waals surface area contributed by atoms with E-state index < -0.39 is 0 Å². The Balaban J connectivity index is 2.68. The fourth-order valence-corrected chi connectivity index (χ4v) is 1.58. The van der Waals surface area contributed by atoms with Crippen molar-refractivity contribution in [1.29, 1.82) is 0 Å². The van der Waals surface area contributed by atoms with Crippen molar-refractivity contribution >= 4 is 17.3 Å². The molecule has 1 heterocycles. The summed E-state index contributed by atoms with van der Waals surface area (Å²) in [6.07, 6.45) is 1.57. The Morgan fingerprint density at radius 3 is 2.88 bits per heavy atom. The molecule has 0 aliphatic carbocycles. The summed E-state index contributed by atoms with van der Waals surface area (Å²) in [5, 5.41) is 10.3. The molecule has 0 fully saturated rings. The smallest absolute Gasteiger partial charge is 0.287 e. The maximum Gasteiger partial charge on any atom is 0.287 e. The topological polar surface area (TPSA) is 59.0 Å². The van der Waals surface area contributed by atoms with Crippen LogP contribution in [0.2, 0.25) is 5.02 Å². The zero-order valence-electron chi connectivity index (χ0n) is 9.75. The fraction of sp³-hybridized carbons (Fsp3) is 0.600. The minimum Gasteiger partial charge on any atom is -0.382 e. The Hall–Kier alpha value is -1.07. The molecule has 0 aliphatic rings. The lowest BCUT2D eigenvalue weighted by molar-refractivity contribution is 0.569. The molecule has 1 aromatic rings. The van der Waals surface area contributed by atoms with E-state index >= 15 is 0 Å². The average molecular weight is 245 g/mol. The van der Waals surface area contributed by atoms with Crippen molar-refractivity contribution in [2.24, 2.45) is 13.0 Å². The third kappa shape index (κ3) is 3.21. The van der Waals surface area contributed by atoms with Crippen LogP contribution in [0.1, 0.15) is 6.92 Å². The van der Waals surface area contributed by atoms with Gasteiger partial charge in [-0.1, -0.05) is 18.5 Å². The number of hydrogen-bond donors (Lipinski definition) is 2. The quantitative estimate of drug-likeness (QED) is 0.801. The van der Waals surface area contributed by atoms with E-state index in [0.29, 0.717) is 11.6 Å². The van der Waals surface area contributed by atoms with Crippen LogP contribution in [0.15, 0.2) is 11.0 Å². The highest BCUT2D eigenvalue weighted by molar-refractivity contribution is 6.32. The summed E-state index contributed by atoms with van der Waals surface area (Å²) in [4.78, 5) is 11.5. The summed E-state index contributed by atoms with van der Waals surface area (Å²) in [6, 6.07) is 0. The number of hydrogen-bond acceptors (Lipinski definition) is 4. The Morgan fingerprint density at radius 1 is 1.56 bits per heavy atom. The highest BCUT2D eigenvalue weighted by atomic mass is 35.5. The molecule has 90 valence electrons. The van der Waals surface area contributed by atoms with Gasteiger partial charge in [0.2, 0.25) is 0 Å². The van der Waals surface area contributed by atoms with Crippen LogP contribution in [-0.4, -0.2) is 29.9 Å². The van der Waals surface area contributed by atoms with E-state index in [9.17, 15) is 4.79 Å². The van der Waals surface area contributed by atoms with Crippen LogP contribution in [0, 0.1) is 5.92 Å². The van der Waals surface area contributed by atoms with Crippen LogP contribution in [0.4, 0.5) is 5.69 Å². The van der Waals surface area contributed by atoms with Gasteiger partial charge in [-0.3, -0.25) is 4.79 Å². The predicted octanol–water partition coefficient (Wildman–Crippen LogP) is 0.701. The zero-order valence-corrected chi connectivity index (χ0v) is 10.5. The Morgan fingerprint density at radius 2 is 2.25 bits per heavy atom. The Labute approximate surface area is 99.8 Å². The van der Waals surface area contributed by atoms with E-state index in [1.54, 1.807) is 13.2 Å². The standard InChI is InChI=1S/C10H17ClN4O/c1-7(4-12-2)5-13-8-6-14-15(3)10(16)9(8)11/h6-7,12-13H,4-5H2,1-3H3. The van der Waals surface area contributed by atoms with Gasteiger partial charge in [0.1, 0.15) is 5.02 Å². The first kappa shape index (κ1) is 13.0. The van der Waals surface area contributed by atoms with E-state index in [1.165, 1.54) is 4.68 Å². The predicted molar refractivity (Wildman–Crippen MR) is 66.1 cm³/mol. The van der Waals surface area contributed by atoms with E-state index in [1.807, 2.05) is 7.05 Å². The highest BCUT2D eigenvalue weighted by Crippen LogP contribution is 2.15. The molecule has 0 amide bonds. The molecule has 0 aliphatic heterocycles. The molecule has 0 saturated carbocycles. The molecule has 1 rings (SSSR count). The molecule has 5 nitrogen and oxygen atoms in total. The van der Waals surface area contributed by atoms with Crippen molar-refractivity contribution in [1.82, 2.24) is 15.1 Å². The molecule has 16 heavy (non-hydrogen) atoms. The summed E-state index contributed by atoms with van der Waals surface area (Å²) in [6.45, 7) is 3.75. The molecule has 0 bridgehead atoms. The normalized spacial score (nSPS) is 12.5. The molecule has 2 N–H and O–H groups in total. The largest absolute Gasteiger partial charge is 0.382 e. The van der Waals surface area contributed by atoms with E-state index in [0.717, 1.165) is 13.1 Å². The number of aryl methyl sites for hydroxylation is 1. The van der Waals surface area contributed by atoms with Gasteiger partial charge in [-0.25, -0.2) is 4.68 Å². The number of nitrogens with one attached hydrogen (secondary N) is 2. The summed E-state index contributed by atoms with van der Waals surface area (Å²) >= 11 is 5.91. The van der Waals surface area contributed by atoms with Crippen LogP contribution in [0.5, 0.6) is 0 Å². The maximum absolute atomic E-state index is 11.5. The van der Waals surface area contributed by atoms with Gasteiger partial charge in [-0.05, 0) is 19.5 Å². The lowest BCUT2D eigenvalue weighted by Crippen LogP contribution is -2.25. The summed E-state index contributed by atoms with van der Waals surface area (Å²) < 4.78 is 1.21. The van der Waals surface area contributed by atoms with Gasteiger partial charge in [0, 0.05) is 13.6 Å². The van der Waals surface area contributed by atoms with E-state index in [2.05, 4.69) is 22.7 Å². The third-order valence-corrected chi connectivity index (χ3v) is 2.64. The molecule has 6 heteroatoms. The van der Waals surface area contributed by atoms with Crippen LogP contribution in [0.25, 0.3) is 0 Å². The van der Waals surface area contributed by atoms with Gasteiger partial charge in [-0.15, -0.1) is 0 Å². The van der Waals surface area contributed by atoms with Crippen molar-refractivity contribution < 1.29 is 0 Å². The monoisotopic (exact) mass is 244 g/mol. The zero-order chi connectivity index (χ0) is 12.1. The van der Waals surface area contributed by atoms with Crippen LogP contribution in [-0.2, 0) is 7.05 Å². The SMILES string of the molecule is CNCC(C)CNc1cnn(C)c(=O)c1Cl. The van der Waals surface area contributed by atoms with Gasteiger partial charge in [0.25, 0.3) is 5.56 Å². The molecule has 1 aromatic heterocycles. The van der Waals surface area contributed by atoms with Crippen molar-refractivity contribution in [2.75, 3.05) is 25.5 Å². The summed E-state index contributed by atoms with van der Waals surface area (Å²) in [7, 11) is 3.48. The molecule has 0 aromatic carbocycles. The minimum atomic E-state index is -0.284. The van der Waals surface area contributed by atoms with E-state index in [4.69, 9.17) is 11.6 Å². The first-order valence-electron chi connectivity index (χ1n) is 5.16. The second-order valence-corrected chi connectivity index (χ2v) is 4.22. The second-order valence-electron chi connectivity index (χ2n) is 3.84. The molecular weight excluding hydrogens is 228 g/mol. The van der Waals surface area contributed by atoms with Crippen LogP contribution < -0.4 is 16.2 Å². The Kier molecular flexibility index (Phi) is 4.76. The van der Waals surface area contributed by atoms with Gasteiger partial charge < -0.3 is 10.6 Å². The van der Waals surface area contributed by atoms with Crippen LogP contribution >= 0.6 is 11.6 Å². The molecule has 1 unspecified atom stereocenters. The van der Waals surface area contributed by atoms with Gasteiger partial charge in [0.05, 0.1) is 11.9 Å². The lowest BCUT2D eigenvalue weighted by atomic mass is 10.2. The highest BCUT2D eigenvalue weighted by Gasteiger charge is 2.08. The van der Waals surface area contributed by atoms with Crippen molar-refractivity contribution in [2.45, 2.75) is 6.92 Å². The second kappa shape index (κ2) is 5.86. The van der Waals surface area contributed by atoms with Crippen LogP contribution in [0.3, 0.4) is 0 Å². The van der Waals surface area contributed by atoms with Gasteiger partial charge in [0.15, 0.2) is 0 Å². The first-order valence-corrected chi connectivity index (χ1v) is 5.54. The molecule has 0 radical (unpaired) electrons. The number of nitrogens with zero attached hydrogens (tertiary/aromatic N) is 2. The Bertz CT molecular complexity index is 404. The first-order chi connectivity index (χ1) is 7.56. The average Bonchev–Trinajstić information content (AvgIpc) is 2.25. The maximum atomic E-state index is 11.5. The molecule has 1 atom stereocenters. The number of anilines is 1. The van der Waals surface area contributed by atoms with Crippen molar-refractivity contribution in [3.05, 3.63) is 21.6 Å². The summed E-state index contributed by atoms with van der Waals surface area (Å²) in [5.41, 5.74) is 0.306.